The van der Waals surface area contributed by atoms with E-state index >= 15 is 0 Å². The van der Waals surface area contributed by atoms with Gasteiger partial charge in [0, 0.05) is 0 Å². The topological polar surface area (TPSA) is 74.6 Å². The Kier molecular flexibility index (Phi) is 4.38. The van der Waals surface area contributed by atoms with Crippen LogP contribution in [0.2, 0.25) is 0 Å². The second-order valence-electron chi connectivity index (χ2n) is 6.28. The summed E-state index contributed by atoms with van der Waals surface area (Å²) >= 11 is 0. The molecular weight excluding hydrogens is 220 g/mol. The molecule has 0 saturated carbocycles. The fourth-order valence-corrected chi connectivity index (χ4v) is 1.79. The van der Waals surface area contributed by atoms with Crippen molar-refractivity contribution in [3.63, 3.8) is 0 Å². The number of hydrogen-bond donors (Lipinski definition) is 2. The molecule has 0 aliphatic carbocycles. The standard InChI is InChI=1S/C13H24O4/c1-7-12(5,9(14)15)8-13(6,10(16)17)11(2,3)4/h7-8H2,1-6H3,(H,14,15)(H,16,17). The molecule has 0 saturated heterocycles. The van der Waals surface area contributed by atoms with E-state index in [-0.39, 0.29) is 6.42 Å². The Hall–Kier alpha value is -1.06. The number of carboxylic acids is 2. The van der Waals surface area contributed by atoms with E-state index in [0.29, 0.717) is 6.42 Å². The van der Waals surface area contributed by atoms with Crippen molar-refractivity contribution in [2.24, 2.45) is 16.2 Å². The summed E-state index contributed by atoms with van der Waals surface area (Å²) in [6, 6.07) is 0. The lowest BCUT2D eigenvalue weighted by molar-refractivity contribution is -0.163. The summed E-state index contributed by atoms with van der Waals surface area (Å²) in [6.45, 7) is 10.5. The zero-order valence-electron chi connectivity index (χ0n) is 11.6. The van der Waals surface area contributed by atoms with Gasteiger partial charge in [0.05, 0.1) is 10.8 Å². The summed E-state index contributed by atoms with van der Waals surface area (Å²) in [7, 11) is 0. The summed E-state index contributed by atoms with van der Waals surface area (Å²) in [5.74, 6) is -1.87. The first-order valence-electron chi connectivity index (χ1n) is 5.87. The number of hydrogen-bond acceptors (Lipinski definition) is 2. The highest BCUT2D eigenvalue weighted by atomic mass is 16.4. The van der Waals surface area contributed by atoms with Gasteiger partial charge in [-0.2, -0.15) is 0 Å². The van der Waals surface area contributed by atoms with Crippen LogP contribution < -0.4 is 0 Å². The summed E-state index contributed by atoms with van der Waals surface area (Å²) in [4.78, 5) is 22.8. The van der Waals surface area contributed by atoms with Gasteiger partial charge in [0.15, 0.2) is 0 Å². The van der Waals surface area contributed by atoms with Crippen molar-refractivity contribution in [2.75, 3.05) is 0 Å². The van der Waals surface area contributed by atoms with Crippen LogP contribution in [-0.4, -0.2) is 22.2 Å². The molecule has 0 bridgehead atoms. The summed E-state index contributed by atoms with van der Waals surface area (Å²) < 4.78 is 0. The Bertz CT molecular complexity index is 316. The first-order chi connectivity index (χ1) is 7.40. The van der Waals surface area contributed by atoms with E-state index in [0.717, 1.165) is 0 Å². The van der Waals surface area contributed by atoms with Crippen molar-refractivity contribution in [3.05, 3.63) is 0 Å². The molecule has 0 radical (unpaired) electrons. The van der Waals surface area contributed by atoms with Crippen molar-refractivity contribution in [1.82, 2.24) is 0 Å². The minimum absolute atomic E-state index is 0.130. The van der Waals surface area contributed by atoms with E-state index in [1.807, 2.05) is 20.8 Å². The molecule has 0 aromatic carbocycles. The van der Waals surface area contributed by atoms with Crippen molar-refractivity contribution < 1.29 is 19.8 Å². The SMILES string of the molecule is CCC(C)(CC(C)(C(=O)O)C(C)(C)C)C(=O)O. The maximum Gasteiger partial charge on any atom is 0.309 e. The molecule has 100 valence electrons. The van der Waals surface area contributed by atoms with E-state index in [1.54, 1.807) is 20.8 Å². The highest BCUT2D eigenvalue weighted by Gasteiger charge is 2.50. The fourth-order valence-electron chi connectivity index (χ4n) is 1.79. The number of carboxylic acid groups (broad SMARTS) is 2. The Morgan fingerprint density at radius 2 is 1.35 bits per heavy atom. The Morgan fingerprint density at radius 1 is 0.941 bits per heavy atom. The van der Waals surface area contributed by atoms with Gasteiger partial charge in [0.1, 0.15) is 0 Å². The molecule has 0 spiro atoms. The van der Waals surface area contributed by atoms with Crippen LogP contribution >= 0.6 is 0 Å². The third kappa shape index (κ3) is 2.99. The lowest BCUT2D eigenvalue weighted by Crippen LogP contribution is -2.46. The summed E-state index contributed by atoms with van der Waals surface area (Å²) in [5.41, 5.74) is -2.55. The summed E-state index contributed by atoms with van der Waals surface area (Å²) in [5, 5.41) is 18.7. The fraction of sp³-hybridized carbons (Fsp3) is 0.846. The second-order valence-corrected chi connectivity index (χ2v) is 6.28. The highest BCUT2D eigenvalue weighted by Crippen LogP contribution is 2.48. The number of rotatable bonds is 5. The Morgan fingerprint density at radius 3 is 1.53 bits per heavy atom. The van der Waals surface area contributed by atoms with E-state index in [9.17, 15) is 19.8 Å². The maximum absolute atomic E-state index is 11.5. The van der Waals surface area contributed by atoms with Gasteiger partial charge in [-0.1, -0.05) is 27.7 Å². The summed E-state index contributed by atoms with van der Waals surface area (Å²) in [6.07, 6.45) is 0.548. The van der Waals surface area contributed by atoms with Crippen LogP contribution in [0.15, 0.2) is 0 Å². The molecule has 4 nitrogen and oxygen atoms in total. The van der Waals surface area contributed by atoms with Gasteiger partial charge < -0.3 is 10.2 Å². The highest BCUT2D eigenvalue weighted by molar-refractivity contribution is 5.79. The predicted molar refractivity (Wildman–Crippen MR) is 65.8 cm³/mol. The quantitative estimate of drug-likeness (QED) is 0.779. The van der Waals surface area contributed by atoms with Crippen molar-refractivity contribution >= 4 is 11.9 Å². The third-order valence-corrected chi connectivity index (χ3v) is 4.17. The van der Waals surface area contributed by atoms with E-state index in [4.69, 9.17) is 0 Å². The second kappa shape index (κ2) is 4.67. The molecule has 0 aliphatic heterocycles. The molecule has 0 aromatic rings. The molecule has 0 aromatic heterocycles. The first kappa shape index (κ1) is 15.9. The Labute approximate surface area is 103 Å². The molecule has 2 N–H and O–H groups in total. The van der Waals surface area contributed by atoms with Crippen LogP contribution in [0.5, 0.6) is 0 Å². The van der Waals surface area contributed by atoms with Gasteiger partial charge in [-0.05, 0) is 32.1 Å². The molecule has 2 atom stereocenters. The van der Waals surface area contributed by atoms with Gasteiger partial charge in [-0.15, -0.1) is 0 Å². The number of carbonyl (C=O) groups is 2. The van der Waals surface area contributed by atoms with Gasteiger partial charge in [-0.25, -0.2) is 0 Å². The largest absolute Gasteiger partial charge is 0.481 e. The van der Waals surface area contributed by atoms with Gasteiger partial charge >= 0.3 is 11.9 Å². The molecule has 4 heteroatoms. The lowest BCUT2D eigenvalue weighted by Gasteiger charge is -2.42. The van der Waals surface area contributed by atoms with Crippen LogP contribution in [0.3, 0.4) is 0 Å². The van der Waals surface area contributed by atoms with Crippen LogP contribution in [0, 0.1) is 16.2 Å². The molecule has 0 amide bonds. The van der Waals surface area contributed by atoms with Gasteiger partial charge in [0.2, 0.25) is 0 Å². The average molecular weight is 244 g/mol. The zero-order chi connectivity index (χ0) is 14.1. The number of aliphatic carboxylic acids is 2. The zero-order valence-corrected chi connectivity index (χ0v) is 11.6. The van der Waals surface area contributed by atoms with E-state index < -0.39 is 28.2 Å². The molecule has 0 rings (SSSR count). The van der Waals surface area contributed by atoms with Gasteiger partial charge in [-0.3, -0.25) is 9.59 Å². The molecule has 0 fully saturated rings. The molecule has 0 aliphatic rings. The lowest BCUT2D eigenvalue weighted by atomic mass is 9.60. The first-order valence-corrected chi connectivity index (χ1v) is 5.87. The predicted octanol–water partition coefficient (Wildman–Crippen LogP) is 3.01. The van der Waals surface area contributed by atoms with Crippen molar-refractivity contribution in [2.45, 2.75) is 54.4 Å². The van der Waals surface area contributed by atoms with E-state index in [1.165, 1.54) is 0 Å². The monoisotopic (exact) mass is 244 g/mol. The van der Waals surface area contributed by atoms with Crippen molar-refractivity contribution in [3.8, 4) is 0 Å². The van der Waals surface area contributed by atoms with Crippen LogP contribution in [0.1, 0.15) is 54.4 Å². The van der Waals surface area contributed by atoms with Crippen molar-refractivity contribution in [1.29, 1.82) is 0 Å². The van der Waals surface area contributed by atoms with Crippen LogP contribution in [-0.2, 0) is 9.59 Å². The van der Waals surface area contributed by atoms with Gasteiger partial charge in [0.25, 0.3) is 0 Å². The minimum Gasteiger partial charge on any atom is -0.481 e. The Balaban J connectivity index is 5.43. The van der Waals surface area contributed by atoms with E-state index in [2.05, 4.69) is 0 Å². The minimum atomic E-state index is -1.06. The smallest absolute Gasteiger partial charge is 0.309 e. The average Bonchev–Trinajstić information content (AvgIpc) is 2.15. The third-order valence-electron chi connectivity index (χ3n) is 4.17. The maximum atomic E-state index is 11.5. The molecule has 2 unspecified atom stereocenters. The molecular formula is C13H24O4. The van der Waals surface area contributed by atoms with Crippen LogP contribution in [0.4, 0.5) is 0 Å². The molecule has 17 heavy (non-hydrogen) atoms. The normalized spacial score (nSPS) is 19.2. The molecule has 0 heterocycles. The van der Waals surface area contributed by atoms with Crippen LogP contribution in [0.25, 0.3) is 0 Å².